The van der Waals surface area contributed by atoms with Gasteiger partial charge in [0.1, 0.15) is 0 Å². The van der Waals surface area contributed by atoms with Crippen molar-refractivity contribution in [1.29, 1.82) is 0 Å². The third-order valence-electron chi connectivity index (χ3n) is 7.85. The van der Waals surface area contributed by atoms with Gasteiger partial charge in [-0.2, -0.15) is 0 Å². The van der Waals surface area contributed by atoms with Gasteiger partial charge in [-0.3, -0.25) is 0 Å². The van der Waals surface area contributed by atoms with E-state index < -0.39 is 5.41 Å². The van der Waals surface area contributed by atoms with E-state index in [0.717, 1.165) is 21.7 Å². The van der Waals surface area contributed by atoms with Crippen molar-refractivity contribution >= 4 is 11.6 Å². The number of hydrogen-bond acceptors (Lipinski definition) is 0. The second kappa shape index (κ2) is 9.17. The van der Waals surface area contributed by atoms with Crippen molar-refractivity contribution in [2.75, 3.05) is 0 Å². The van der Waals surface area contributed by atoms with Crippen LogP contribution in [0.15, 0.2) is 152 Å². The zero-order chi connectivity index (χ0) is 25.5. The summed E-state index contributed by atoms with van der Waals surface area (Å²) < 4.78 is 0. The summed E-state index contributed by atoms with van der Waals surface area (Å²) in [5.74, 6) is 0. The predicted molar refractivity (Wildman–Crippen MR) is 160 cm³/mol. The Labute approximate surface area is 228 Å². The van der Waals surface area contributed by atoms with E-state index in [1.165, 1.54) is 38.9 Å². The van der Waals surface area contributed by atoms with Crippen LogP contribution in [0.25, 0.3) is 33.4 Å². The van der Waals surface area contributed by atoms with Crippen LogP contribution in [0, 0.1) is 0 Å². The molecule has 1 aliphatic rings. The van der Waals surface area contributed by atoms with E-state index >= 15 is 0 Å². The molecule has 0 atom stereocenters. The van der Waals surface area contributed by atoms with Gasteiger partial charge in [0.2, 0.25) is 0 Å². The van der Waals surface area contributed by atoms with E-state index in [1.54, 1.807) is 0 Å². The zero-order valence-corrected chi connectivity index (χ0v) is 21.6. The van der Waals surface area contributed by atoms with Crippen LogP contribution >= 0.6 is 11.6 Å². The third-order valence-corrected chi connectivity index (χ3v) is 8.18. The Kier molecular flexibility index (Phi) is 5.50. The van der Waals surface area contributed by atoms with E-state index in [1.807, 2.05) is 12.1 Å². The first-order valence-corrected chi connectivity index (χ1v) is 13.4. The van der Waals surface area contributed by atoms with E-state index in [-0.39, 0.29) is 0 Å². The molecule has 0 nitrogen and oxygen atoms in total. The van der Waals surface area contributed by atoms with Crippen LogP contribution in [0.4, 0.5) is 0 Å². The van der Waals surface area contributed by atoms with Crippen LogP contribution in [0.5, 0.6) is 0 Å². The van der Waals surface area contributed by atoms with Gasteiger partial charge < -0.3 is 0 Å². The molecule has 1 aliphatic carbocycles. The average molecular weight is 505 g/mol. The number of fused-ring (bicyclic) bond motifs is 3. The lowest BCUT2D eigenvalue weighted by atomic mass is 9.67. The van der Waals surface area contributed by atoms with E-state index in [0.29, 0.717) is 0 Å². The van der Waals surface area contributed by atoms with Crippen molar-refractivity contribution in [1.82, 2.24) is 0 Å². The Balaban J connectivity index is 1.57. The molecule has 1 heteroatoms. The Bertz CT molecular complexity index is 1710. The van der Waals surface area contributed by atoms with Gasteiger partial charge in [0.05, 0.1) is 5.41 Å². The van der Waals surface area contributed by atoms with Gasteiger partial charge in [0, 0.05) is 10.6 Å². The van der Waals surface area contributed by atoms with Crippen LogP contribution in [0.3, 0.4) is 0 Å². The van der Waals surface area contributed by atoms with Crippen LogP contribution in [0.1, 0.15) is 22.3 Å². The molecule has 0 spiro atoms. The molecule has 6 aromatic carbocycles. The summed E-state index contributed by atoms with van der Waals surface area (Å²) in [6.07, 6.45) is 0. The Hall–Kier alpha value is -4.39. The summed E-state index contributed by atoms with van der Waals surface area (Å²) in [4.78, 5) is 0. The molecule has 38 heavy (non-hydrogen) atoms. The molecule has 6 aromatic rings. The maximum atomic E-state index is 6.95. The van der Waals surface area contributed by atoms with Gasteiger partial charge in [0.25, 0.3) is 0 Å². The average Bonchev–Trinajstić information content (AvgIpc) is 3.30. The largest absolute Gasteiger partial charge is 0.0837 e. The van der Waals surface area contributed by atoms with Crippen molar-refractivity contribution < 1.29 is 0 Å². The normalized spacial score (nSPS) is 13.1. The molecular weight excluding hydrogens is 480 g/mol. The SMILES string of the molecule is Clc1ccc(-c2ccccc2)cc1-c1cccc2c1-c1ccccc1C2(c1ccccc1)c1ccccc1. The van der Waals surface area contributed by atoms with Gasteiger partial charge in [-0.05, 0) is 62.2 Å². The van der Waals surface area contributed by atoms with Crippen molar-refractivity contribution in [2.45, 2.75) is 5.41 Å². The molecule has 0 bridgehead atoms. The van der Waals surface area contributed by atoms with Crippen molar-refractivity contribution in [2.24, 2.45) is 0 Å². The lowest BCUT2D eigenvalue weighted by Gasteiger charge is -2.34. The summed E-state index contributed by atoms with van der Waals surface area (Å²) in [6.45, 7) is 0. The van der Waals surface area contributed by atoms with Crippen molar-refractivity contribution in [3.8, 4) is 33.4 Å². The molecule has 0 aromatic heterocycles. The fraction of sp³-hybridized carbons (Fsp3) is 0.0270. The van der Waals surface area contributed by atoms with Crippen LogP contribution < -0.4 is 0 Å². The summed E-state index contributed by atoms with van der Waals surface area (Å²) in [5, 5.41) is 0.757. The Morgan fingerprint density at radius 3 is 1.63 bits per heavy atom. The van der Waals surface area contributed by atoms with Crippen LogP contribution in [-0.2, 0) is 5.41 Å². The second-order valence-electron chi connectivity index (χ2n) is 9.82. The first kappa shape index (κ1) is 22.8. The molecule has 180 valence electrons. The third kappa shape index (κ3) is 3.38. The molecule has 0 aliphatic heterocycles. The van der Waals surface area contributed by atoms with E-state index in [2.05, 4.69) is 140 Å². The lowest BCUT2D eigenvalue weighted by molar-refractivity contribution is 0.768. The number of hydrogen-bond donors (Lipinski definition) is 0. The lowest BCUT2D eigenvalue weighted by Crippen LogP contribution is -2.28. The highest BCUT2D eigenvalue weighted by Crippen LogP contribution is 2.58. The highest BCUT2D eigenvalue weighted by atomic mass is 35.5. The summed E-state index contributed by atoms with van der Waals surface area (Å²) >= 11 is 6.95. The monoisotopic (exact) mass is 504 g/mol. The molecule has 0 amide bonds. The highest BCUT2D eigenvalue weighted by Gasteiger charge is 2.46. The maximum absolute atomic E-state index is 6.95. The molecule has 0 radical (unpaired) electrons. The summed E-state index contributed by atoms with van der Waals surface area (Å²) in [6, 6.07) is 54.2. The quantitative estimate of drug-likeness (QED) is 0.223. The van der Waals surface area contributed by atoms with Gasteiger partial charge in [0.15, 0.2) is 0 Å². The summed E-state index contributed by atoms with van der Waals surface area (Å²) in [7, 11) is 0. The topological polar surface area (TPSA) is 0 Å². The number of benzene rings is 6. The van der Waals surface area contributed by atoms with Crippen LogP contribution in [0.2, 0.25) is 5.02 Å². The number of halogens is 1. The van der Waals surface area contributed by atoms with Crippen molar-refractivity contribution in [3.63, 3.8) is 0 Å². The fourth-order valence-corrected chi connectivity index (χ4v) is 6.48. The molecule has 0 heterocycles. The summed E-state index contributed by atoms with van der Waals surface area (Å²) in [5.41, 5.74) is 11.8. The van der Waals surface area contributed by atoms with Gasteiger partial charge in [-0.1, -0.05) is 151 Å². The maximum Gasteiger partial charge on any atom is 0.0713 e. The first-order chi connectivity index (χ1) is 18.8. The minimum Gasteiger partial charge on any atom is -0.0837 e. The molecular formula is C37H25Cl. The molecule has 0 unspecified atom stereocenters. The predicted octanol–water partition coefficient (Wildman–Crippen LogP) is 10.0. The standard InChI is InChI=1S/C37H25Cl/c38-35-24-23-27(26-13-4-1-5-14-26)25-32(35)30-20-12-22-34-36(30)31-19-10-11-21-33(31)37(34,28-15-6-2-7-16-28)29-17-8-3-9-18-29/h1-25H. The van der Waals surface area contributed by atoms with Crippen molar-refractivity contribution in [3.05, 3.63) is 179 Å². The second-order valence-corrected chi connectivity index (χ2v) is 10.2. The smallest absolute Gasteiger partial charge is 0.0713 e. The zero-order valence-electron chi connectivity index (χ0n) is 20.8. The van der Waals surface area contributed by atoms with E-state index in [4.69, 9.17) is 11.6 Å². The minimum atomic E-state index is -0.423. The van der Waals surface area contributed by atoms with Gasteiger partial charge >= 0.3 is 0 Å². The Morgan fingerprint density at radius 1 is 0.395 bits per heavy atom. The molecule has 0 fully saturated rings. The molecule has 7 rings (SSSR count). The van der Waals surface area contributed by atoms with Crippen LogP contribution in [-0.4, -0.2) is 0 Å². The highest BCUT2D eigenvalue weighted by molar-refractivity contribution is 6.33. The van der Waals surface area contributed by atoms with Gasteiger partial charge in [-0.25, -0.2) is 0 Å². The first-order valence-electron chi connectivity index (χ1n) is 13.0. The minimum absolute atomic E-state index is 0.423. The molecule has 0 N–H and O–H groups in total. The molecule has 0 saturated heterocycles. The fourth-order valence-electron chi connectivity index (χ4n) is 6.26. The number of rotatable bonds is 4. The van der Waals surface area contributed by atoms with Gasteiger partial charge in [-0.15, -0.1) is 0 Å². The Morgan fingerprint density at radius 2 is 0.947 bits per heavy atom. The van der Waals surface area contributed by atoms with E-state index in [9.17, 15) is 0 Å². The molecule has 0 saturated carbocycles.